The summed E-state index contributed by atoms with van der Waals surface area (Å²) in [5.74, 6) is 0.184. The van der Waals surface area contributed by atoms with E-state index in [0.29, 0.717) is 19.1 Å². The molecule has 1 aliphatic rings. The largest absolute Gasteiger partial charge is 0.396 e. The highest BCUT2D eigenvalue weighted by Crippen LogP contribution is 2.20. The summed E-state index contributed by atoms with van der Waals surface area (Å²) in [6.45, 7) is 8.01. The summed E-state index contributed by atoms with van der Waals surface area (Å²) in [4.78, 5) is 0. The Morgan fingerprint density at radius 3 is 2.32 bits per heavy atom. The van der Waals surface area contributed by atoms with Crippen molar-refractivity contribution in [2.75, 3.05) is 32.0 Å². The van der Waals surface area contributed by atoms with E-state index < -0.39 is 10.0 Å². The predicted molar refractivity (Wildman–Crippen MR) is 77.5 cm³/mol. The molecule has 0 aliphatic carbocycles. The standard InChI is InChI=1S/C13H28N2O3S/c1-4-13(3,11-16)10-14-12-6-8-15(9-7-12)19(17,18)5-2/h12,14,16H,4-11H2,1-3H3. The Balaban J connectivity index is 2.39. The Bertz CT molecular complexity index is 358. The van der Waals surface area contributed by atoms with Crippen LogP contribution in [0.3, 0.4) is 0 Å². The molecule has 0 bridgehead atoms. The Morgan fingerprint density at radius 2 is 1.89 bits per heavy atom. The lowest BCUT2D eigenvalue weighted by atomic mass is 9.88. The zero-order chi connectivity index (χ0) is 14.5. The molecule has 0 amide bonds. The van der Waals surface area contributed by atoms with Crippen molar-refractivity contribution in [2.45, 2.75) is 46.1 Å². The van der Waals surface area contributed by atoms with Gasteiger partial charge in [0.2, 0.25) is 10.0 Å². The molecule has 2 N–H and O–H groups in total. The Morgan fingerprint density at radius 1 is 1.32 bits per heavy atom. The second-order valence-corrected chi connectivity index (χ2v) is 8.03. The van der Waals surface area contributed by atoms with E-state index >= 15 is 0 Å². The van der Waals surface area contributed by atoms with Crippen LogP contribution in [-0.4, -0.2) is 55.9 Å². The van der Waals surface area contributed by atoms with Gasteiger partial charge < -0.3 is 10.4 Å². The molecule has 1 unspecified atom stereocenters. The van der Waals surface area contributed by atoms with Gasteiger partial charge in [0, 0.05) is 37.7 Å². The van der Waals surface area contributed by atoms with Gasteiger partial charge in [-0.3, -0.25) is 0 Å². The van der Waals surface area contributed by atoms with Gasteiger partial charge in [-0.15, -0.1) is 0 Å². The van der Waals surface area contributed by atoms with Gasteiger partial charge in [-0.1, -0.05) is 13.8 Å². The molecule has 6 heteroatoms. The first-order valence-corrected chi connectivity index (χ1v) is 8.80. The molecule has 0 aromatic carbocycles. The zero-order valence-corrected chi connectivity index (χ0v) is 13.2. The third kappa shape index (κ3) is 4.70. The lowest BCUT2D eigenvalue weighted by molar-refractivity contribution is 0.127. The lowest BCUT2D eigenvalue weighted by Crippen LogP contribution is -2.47. The van der Waals surface area contributed by atoms with Crippen LogP contribution in [0.15, 0.2) is 0 Å². The first kappa shape index (κ1) is 16.9. The van der Waals surface area contributed by atoms with Crippen LogP contribution in [0, 0.1) is 5.41 Å². The maximum atomic E-state index is 11.7. The summed E-state index contributed by atoms with van der Waals surface area (Å²) in [5, 5.41) is 12.8. The summed E-state index contributed by atoms with van der Waals surface area (Å²) in [6.07, 6.45) is 2.63. The van der Waals surface area contributed by atoms with Crippen LogP contribution in [0.4, 0.5) is 0 Å². The molecule has 19 heavy (non-hydrogen) atoms. The number of rotatable bonds is 7. The molecule has 1 heterocycles. The van der Waals surface area contributed by atoms with Crippen molar-refractivity contribution in [3.63, 3.8) is 0 Å². The first-order chi connectivity index (χ1) is 8.87. The zero-order valence-electron chi connectivity index (χ0n) is 12.4. The third-order valence-corrected chi connectivity index (χ3v) is 6.15. The molecule has 114 valence electrons. The molecule has 1 aliphatic heterocycles. The number of nitrogens with one attached hydrogen (secondary N) is 1. The highest BCUT2D eigenvalue weighted by Gasteiger charge is 2.28. The molecule has 5 nitrogen and oxygen atoms in total. The Hall–Kier alpha value is -0.170. The normalized spacial score (nSPS) is 22.3. The van der Waals surface area contributed by atoms with E-state index in [1.807, 2.05) is 0 Å². The summed E-state index contributed by atoms with van der Waals surface area (Å²) in [5.41, 5.74) is -0.0768. The quantitative estimate of drug-likeness (QED) is 0.728. The average molecular weight is 292 g/mol. The lowest BCUT2D eigenvalue weighted by Gasteiger charge is -2.34. The maximum absolute atomic E-state index is 11.7. The van der Waals surface area contributed by atoms with E-state index in [9.17, 15) is 13.5 Å². The molecule has 1 atom stereocenters. The number of aliphatic hydroxyl groups excluding tert-OH is 1. The summed E-state index contributed by atoms with van der Waals surface area (Å²) in [7, 11) is -3.03. The monoisotopic (exact) mass is 292 g/mol. The fraction of sp³-hybridized carbons (Fsp3) is 1.00. The van der Waals surface area contributed by atoms with E-state index in [2.05, 4.69) is 19.2 Å². The highest BCUT2D eigenvalue weighted by molar-refractivity contribution is 7.89. The van der Waals surface area contributed by atoms with Gasteiger partial charge in [-0.25, -0.2) is 12.7 Å². The fourth-order valence-corrected chi connectivity index (χ4v) is 3.34. The molecular formula is C13H28N2O3S. The Kier molecular flexibility index (Phi) is 6.23. The van der Waals surface area contributed by atoms with Crippen LogP contribution in [0.5, 0.6) is 0 Å². The molecule has 1 fully saturated rings. The van der Waals surface area contributed by atoms with Gasteiger partial charge in [-0.2, -0.15) is 0 Å². The van der Waals surface area contributed by atoms with Crippen molar-refractivity contribution in [3.05, 3.63) is 0 Å². The predicted octanol–water partition coefficient (Wildman–Crippen LogP) is 0.799. The van der Waals surface area contributed by atoms with Crippen molar-refractivity contribution in [2.24, 2.45) is 5.41 Å². The molecule has 0 aromatic heterocycles. The fourth-order valence-electron chi connectivity index (χ4n) is 2.20. The summed E-state index contributed by atoms with van der Waals surface area (Å²) < 4.78 is 25.1. The summed E-state index contributed by atoms with van der Waals surface area (Å²) in [6, 6.07) is 0.362. The van der Waals surface area contributed by atoms with E-state index in [1.54, 1.807) is 11.2 Å². The minimum absolute atomic E-state index is 0.0768. The summed E-state index contributed by atoms with van der Waals surface area (Å²) >= 11 is 0. The van der Waals surface area contributed by atoms with Crippen molar-refractivity contribution >= 4 is 10.0 Å². The van der Waals surface area contributed by atoms with Crippen LogP contribution in [0.1, 0.15) is 40.0 Å². The van der Waals surface area contributed by atoms with Crippen molar-refractivity contribution in [1.29, 1.82) is 0 Å². The number of nitrogens with zero attached hydrogens (tertiary/aromatic N) is 1. The molecule has 0 radical (unpaired) electrons. The van der Waals surface area contributed by atoms with E-state index in [-0.39, 0.29) is 17.8 Å². The van der Waals surface area contributed by atoms with Crippen LogP contribution < -0.4 is 5.32 Å². The van der Waals surface area contributed by atoms with Crippen LogP contribution >= 0.6 is 0 Å². The van der Waals surface area contributed by atoms with Crippen molar-refractivity contribution < 1.29 is 13.5 Å². The van der Waals surface area contributed by atoms with Gasteiger partial charge >= 0.3 is 0 Å². The minimum Gasteiger partial charge on any atom is -0.396 e. The van der Waals surface area contributed by atoms with Crippen LogP contribution in [0.25, 0.3) is 0 Å². The highest BCUT2D eigenvalue weighted by atomic mass is 32.2. The molecule has 1 rings (SSSR count). The SMILES string of the molecule is CCC(C)(CO)CNC1CCN(S(=O)(=O)CC)CC1. The molecule has 0 spiro atoms. The third-order valence-electron chi connectivity index (χ3n) is 4.26. The number of piperidine rings is 1. The average Bonchev–Trinajstić information content (AvgIpc) is 2.45. The van der Waals surface area contributed by atoms with Gasteiger partial charge in [0.1, 0.15) is 0 Å². The first-order valence-electron chi connectivity index (χ1n) is 7.19. The molecule has 1 saturated heterocycles. The smallest absolute Gasteiger partial charge is 0.213 e. The maximum Gasteiger partial charge on any atom is 0.213 e. The van der Waals surface area contributed by atoms with E-state index in [4.69, 9.17) is 0 Å². The second-order valence-electron chi connectivity index (χ2n) is 5.78. The number of sulfonamides is 1. The number of hydrogen-bond acceptors (Lipinski definition) is 4. The number of aliphatic hydroxyl groups is 1. The van der Waals surface area contributed by atoms with Gasteiger partial charge in [0.15, 0.2) is 0 Å². The Labute approximate surface area is 117 Å². The topological polar surface area (TPSA) is 69.6 Å². The van der Waals surface area contributed by atoms with Crippen LogP contribution in [0.2, 0.25) is 0 Å². The van der Waals surface area contributed by atoms with E-state index in [1.165, 1.54) is 0 Å². The van der Waals surface area contributed by atoms with E-state index in [0.717, 1.165) is 25.8 Å². The van der Waals surface area contributed by atoms with Gasteiger partial charge in [-0.05, 0) is 26.2 Å². The van der Waals surface area contributed by atoms with Crippen LogP contribution in [-0.2, 0) is 10.0 Å². The van der Waals surface area contributed by atoms with Gasteiger partial charge in [0.05, 0.1) is 5.75 Å². The molecular weight excluding hydrogens is 264 g/mol. The molecule has 0 saturated carbocycles. The minimum atomic E-state index is -3.03. The van der Waals surface area contributed by atoms with Crippen molar-refractivity contribution in [1.82, 2.24) is 9.62 Å². The number of hydrogen-bond donors (Lipinski definition) is 2. The second kappa shape index (κ2) is 7.02. The molecule has 0 aromatic rings. The van der Waals surface area contributed by atoms with Crippen molar-refractivity contribution in [3.8, 4) is 0 Å². The van der Waals surface area contributed by atoms with Gasteiger partial charge in [0.25, 0.3) is 0 Å².